The highest BCUT2D eigenvalue weighted by molar-refractivity contribution is 5.88. The van der Waals surface area contributed by atoms with Crippen LogP contribution >= 0.6 is 0 Å². The maximum atomic E-state index is 12.8. The van der Waals surface area contributed by atoms with Gasteiger partial charge in [0.15, 0.2) is 0 Å². The smallest absolute Gasteiger partial charge is 0.323 e. The van der Waals surface area contributed by atoms with Crippen molar-refractivity contribution in [3.05, 3.63) is 48.4 Å². The van der Waals surface area contributed by atoms with Gasteiger partial charge in [0.1, 0.15) is 17.9 Å². The summed E-state index contributed by atoms with van der Waals surface area (Å²) in [6.07, 6.45) is 7.29. The third kappa shape index (κ3) is 3.82. The highest BCUT2D eigenvalue weighted by atomic mass is 16.5. The van der Waals surface area contributed by atoms with E-state index in [0.29, 0.717) is 5.82 Å². The molecular formula is C18H22N4O2. The van der Waals surface area contributed by atoms with Gasteiger partial charge in [-0.2, -0.15) is 0 Å². The number of carbonyl (C=O) groups is 1. The summed E-state index contributed by atoms with van der Waals surface area (Å²) in [4.78, 5) is 22.6. The van der Waals surface area contributed by atoms with Crippen molar-refractivity contribution in [2.24, 2.45) is 0 Å². The number of nitrogens with one attached hydrogen (secondary N) is 1. The Balaban J connectivity index is 1.80. The first-order valence-corrected chi connectivity index (χ1v) is 8.25. The van der Waals surface area contributed by atoms with Crippen LogP contribution in [-0.2, 0) is 0 Å². The highest BCUT2D eigenvalue weighted by Gasteiger charge is 2.27. The fourth-order valence-corrected chi connectivity index (χ4v) is 3.07. The second kappa shape index (κ2) is 7.77. The van der Waals surface area contributed by atoms with E-state index in [-0.39, 0.29) is 12.1 Å². The Bertz CT molecular complexity index is 660. The molecule has 0 saturated carbocycles. The Labute approximate surface area is 141 Å². The van der Waals surface area contributed by atoms with E-state index in [1.165, 1.54) is 6.33 Å². The van der Waals surface area contributed by atoms with Crippen molar-refractivity contribution >= 4 is 11.8 Å². The van der Waals surface area contributed by atoms with E-state index in [0.717, 1.165) is 43.5 Å². The number of hydrogen-bond acceptors (Lipinski definition) is 4. The summed E-state index contributed by atoms with van der Waals surface area (Å²) in [6, 6.07) is 9.62. The van der Waals surface area contributed by atoms with Gasteiger partial charge in [0.2, 0.25) is 0 Å². The molecule has 1 aliphatic heterocycles. The average Bonchev–Trinajstić information content (AvgIpc) is 2.89. The van der Waals surface area contributed by atoms with Crippen molar-refractivity contribution in [2.45, 2.75) is 31.7 Å². The van der Waals surface area contributed by atoms with Gasteiger partial charge in [-0.05, 0) is 36.6 Å². The predicted molar refractivity (Wildman–Crippen MR) is 92.0 cm³/mol. The van der Waals surface area contributed by atoms with Crippen LogP contribution in [0.4, 0.5) is 10.6 Å². The Morgan fingerprint density at radius 2 is 2.04 bits per heavy atom. The fraction of sp³-hybridized carbons (Fsp3) is 0.389. The number of ether oxygens (including phenoxy) is 1. The SMILES string of the molecule is COc1ccc(C2CCCCCN2C(=O)Nc2ccncn2)cc1. The molecule has 2 amide bonds. The summed E-state index contributed by atoms with van der Waals surface area (Å²) < 4.78 is 5.23. The molecule has 1 unspecified atom stereocenters. The summed E-state index contributed by atoms with van der Waals surface area (Å²) in [5.74, 6) is 1.34. The van der Waals surface area contributed by atoms with Crippen LogP contribution in [-0.4, -0.2) is 34.6 Å². The molecule has 0 spiro atoms. The Kier molecular flexibility index (Phi) is 5.25. The minimum atomic E-state index is -0.114. The van der Waals surface area contributed by atoms with Gasteiger partial charge < -0.3 is 9.64 Å². The van der Waals surface area contributed by atoms with Crippen molar-refractivity contribution in [3.8, 4) is 5.75 Å². The molecule has 1 aliphatic rings. The second-order valence-electron chi connectivity index (χ2n) is 5.86. The van der Waals surface area contributed by atoms with Gasteiger partial charge in [-0.3, -0.25) is 5.32 Å². The van der Waals surface area contributed by atoms with Crippen molar-refractivity contribution < 1.29 is 9.53 Å². The van der Waals surface area contributed by atoms with E-state index < -0.39 is 0 Å². The van der Waals surface area contributed by atoms with Crippen molar-refractivity contribution in [2.75, 3.05) is 19.0 Å². The van der Waals surface area contributed by atoms with Crippen LogP contribution in [0, 0.1) is 0 Å². The normalized spacial score (nSPS) is 17.9. The summed E-state index contributed by atoms with van der Waals surface area (Å²) in [5.41, 5.74) is 1.13. The zero-order valence-electron chi connectivity index (χ0n) is 13.8. The highest BCUT2D eigenvalue weighted by Crippen LogP contribution is 2.31. The van der Waals surface area contributed by atoms with E-state index in [2.05, 4.69) is 15.3 Å². The third-order valence-corrected chi connectivity index (χ3v) is 4.33. The molecule has 0 bridgehead atoms. The first-order chi connectivity index (χ1) is 11.8. The predicted octanol–water partition coefficient (Wildman–Crippen LogP) is 3.63. The van der Waals surface area contributed by atoms with Gasteiger partial charge in [-0.1, -0.05) is 25.0 Å². The van der Waals surface area contributed by atoms with Gasteiger partial charge >= 0.3 is 6.03 Å². The molecular weight excluding hydrogens is 304 g/mol. The molecule has 1 aromatic heterocycles. The number of likely N-dealkylation sites (tertiary alicyclic amines) is 1. The zero-order valence-corrected chi connectivity index (χ0v) is 13.8. The van der Waals surface area contributed by atoms with Crippen LogP contribution in [0.3, 0.4) is 0 Å². The summed E-state index contributed by atoms with van der Waals surface area (Å²) >= 11 is 0. The molecule has 2 heterocycles. The number of carbonyl (C=O) groups excluding carboxylic acids is 1. The van der Waals surface area contributed by atoms with Crippen LogP contribution in [0.5, 0.6) is 5.75 Å². The van der Waals surface area contributed by atoms with Gasteiger partial charge in [-0.25, -0.2) is 14.8 Å². The monoisotopic (exact) mass is 326 g/mol. The van der Waals surface area contributed by atoms with Crippen LogP contribution < -0.4 is 10.1 Å². The van der Waals surface area contributed by atoms with Gasteiger partial charge in [0.05, 0.1) is 13.2 Å². The summed E-state index contributed by atoms with van der Waals surface area (Å²) in [5, 5.41) is 2.87. The van der Waals surface area contributed by atoms with E-state index in [9.17, 15) is 4.79 Å². The lowest BCUT2D eigenvalue weighted by Gasteiger charge is -2.30. The number of nitrogens with zero attached hydrogens (tertiary/aromatic N) is 3. The molecule has 24 heavy (non-hydrogen) atoms. The topological polar surface area (TPSA) is 67.3 Å². The number of urea groups is 1. The first-order valence-electron chi connectivity index (χ1n) is 8.25. The Morgan fingerprint density at radius 3 is 2.75 bits per heavy atom. The van der Waals surface area contributed by atoms with Crippen LogP contribution in [0.2, 0.25) is 0 Å². The van der Waals surface area contributed by atoms with Gasteiger partial charge in [-0.15, -0.1) is 0 Å². The molecule has 1 saturated heterocycles. The summed E-state index contributed by atoms with van der Waals surface area (Å²) in [6.45, 7) is 0.744. The molecule has 6 heteroatoms. The number of hydrogen-bond donors (Lipinski definition) is 1. The largest absolute Gasteiger partial charge is 0.497 e. The fourth-order valence-electron chi connectivity index (χ4n) is 3.07. The van der Waals surface area contributed by atoms with Crippen LogP contribution in [0.25, 0.3) is 0 Å². The molecule has 1 N–H and O–H groups in total. The first kappa shape index (κ1) is 16.2. The zero-order chi connectivity index (χ0) is 16.8. The molecule has 1 aromatic carbocycles. The number of rotatable bonds is 3. The molecule has 126 valence electrons. The standard InChI is InChI=1S/C18H22N4O2/c1-24-15-8-6-14(7-9-15)16-5-3-2-4-12-22(16)18(23)21-17-10-11-19-13-20-17/h6-11,13,16H,2-5,12H2,1H3,(H,19,20,21,23). The molecule has 6 nitrogen and oxygen atoms in total. The molecule has 0 aliphatic carbocycles. The van der Waals surface area contributed by atoms with Gasteiger partial charge in [0.25, 0.3) is 0 Å². The third-order valence-electron chi connectivity index (χ3n) is 4.33. The number of aromatic nitrogens is 2. The van der Waals surface area contributed by atoms with E-state index in [4.69, 9.17) is 4.74 Å². The van der Waals surface area contributed by atoms with E-state index in [1.807, 2.05) is 29.2 Å². The van der Waals surface area contributed by atoms with Crippen molar-refractivity contribution in [3.63, 3.8) is 0 Å². The maximum Gasteiger partial charge on any atom is 0.323 e. The lowest BCUT2D eigenvalue weighted by Crippen LogP contribution is -2.38. The van der Waals surface area contributed by atoms with E-state index in [1.54, 1.807) is 19.4 Å². The van der Waals surface area contributed by atoms with Crippen LogP contribution in [0.15, 0.2) is 42.9 Å². The number of amides is 2. The number of anilines is 1. The molecule has 1 atom stereocenters. The minimum absolute atomic E-state index is 0.0697. The Morgan fingerprint density at radius 1 is 1.21 bits per heavy atom. The van der Waals surface area contributed by atoms with E-state index >= 15 is 0 Å². The molecule has 2 aromatic rings. The molecule has 1 fully saturated rings. The lowest BCUT2D eigenvalue weighted by molar-refractivity contribution is 0.189. The quantitative estimate of drug-likeness (QED) is 0.935. The van der Waals surface area contributed by atoms with Crippen molar-refractivity contribution in [1.82, 2.24) is 14.9 Å². The lowest BCUT2D eigenvalue weighted by atomic mass is 10.0. The Hall–Kier alpha value is -2.63. The average molecular weight is 326 g/mol. The minimum Gasteiger partial charge on any atom is -0.497 e. The number of benzene rings is 1. The van der Waals surface area contributed by atoms with Gasteiger partial charge in [0, 0.05) is 12.7 Å². The molecule has 3 rings (SSSR count). The number of methoxy groups -OCH3 is 1. The molecule has 0 radical (unpaired) electrons. The van der Waals surface area contributed by atoms with Crippen molar-refractivity contribution in [1.29, 1.82) is 0 Å². The summed E-state index contributed by atoms with van der Waals surface area (Å²) in [7, 11) is 1.65. The van der Waals surface area contributed by atoms with Crippen LogP contribution in [0.1, 0.15) is 37.3 Å². The maximum absolute atomic E-state index is 12.8. The second-order valence-corrected chi connectivity index (χ2v) is 5.86.